The molecule has 2 fully saturated rings. The second-order valence-electron chi connectivity index (χ2n) is 6.26. The predicted octanol–water partition coefficient (Wildman–Crippen LogP) is 1.93. The molecule has 3 heteroatoms. The Balaban J connectivity index is 1.44. The minimum Gasteiger partial charge on any atom is -0.314 e. The molecule has 0 spiro atoms. The molecule has 2 heterocycles. The maximum absolute atomic E-state index is 3.37. The second-order valence-corrected chi connectivity index (χ2v) is 6.26. The van der Waals surface area contributed by atoms with Gasteiger partial charge in [-0.3, -0.25) is 9.80 Å². The van der Waals surface area contributed by atoms with Crippen molar-refractivity contribution in [2.24, 2.45) is 0 Å². The maximum atomic E-state index is 3.37. The van der Waals surface area contributed by atoms with Gasteiger partial charge >= 0.3 is 0 Å². The Morgan fingerprint density at radius 3 is 2.43 bits per heavy atom. The van der Waals surface area contributed by atoms with Crippen LogP contribution in [0.25, 0.3) is 10.8 Å². The lowest BCUT2D eigenvalue weighted by molar-refractivity contribution is 0.0697. The number of benzene rings is 2. The molecule has 0 aromatic heterocycles. The van der Waals surface area contributed by atoms with Crippen LogP contribution in [0.5, 0.6) is 0 Å². The number of hydrogen-bond acceptors (Lipinski definition) is 3. The Morgan fingerprint density at radius 2 is 1.67 bits per heavy atom. The van der Waals surface area contributed by atoms with Crippen LogP contribution in [-0.2, 0) is 6.54 Å². The van der Waals surface area contributed by atoms with Gasteiger partial charge in [-0.2, -0.15) is 0 Å². The number of hydrogen-bond donors (Lipinski definition) is 1. The maximum Gasteiger partial charge on any atom is 0.0346 e. The lowest BCUT2D eigenvalue weighted by Crippen LogP contribution is -2.61. The summed E-state index contributed by atoms with van der Waals surface area (Å²) in [4.78, 5) is 5.25. The van der Waals surface area contributed by atoms with Crippen molar-refractivity contribution >= 4 is 10.8 Å². The largest absolute Gasteiger partial charge is 0.314 e. The van der Waals surface area contributed by atoms with E-state index in [1.54, 1.807) is 0 Å². The average Bonchev–Trinajstić information content (AvgIpc) is 2.48. The zero-order valence-electron chi connectivity index (χ0n) is 12.5. The summed E-state index contributed by atoms with van der Waals surface area (Å²) in [5.41, 5.74) is 1.46. The van der Waals surface area contributed by atoms with E-state index in [2.05, 4.69) is 57.6 Å². The third-order valence-electron chi connectivity index (χ3n) is 4.96. The molecule has 2 aliphatic heterocycles. The zero-order chi connectivity index (χ0) is 14.1. The molecule has 4 rings (SSSR count). The fourth-order valence-corrected chi connectivity index (χ4v) is 3.49. The van der Waals surface area contributed by atoms with Crippen molar-refractivity contribution < 1.29 is 0 Å². The number of nitrogens with one attached hydrogen (secondary N) is 1. The summed E-state index contributed by atoms with van der Waals surface area (Å²) in [7, 11) is 0. The fraction of sp³-hybridized carbons (Fsp3) is 0.444. The van der Waals surface area contributed by atoms with Gasteiger partial charge in [-0.25, -0.2) is 0 Å². The van der Waals surface area contributed by atoms with E-state index in [4.69, 9.17) is 0 Å². The number of fused-ring (bicyclic) bond motifs is 1. The summed E-state index contributed by atoms with van der Waals surface area (Å²) >= 11 is 0. The molecule has 0 saturated carbocycles. The molecule has 0 amide bonds. The zero-order valence-corrected chi connectivity index (χ0v) is 12.5. The third kappa shape index (κ3) is 2.69. The molecule has 21 heavy (non-hydrogen) atoms. The first-order chi connectivity index (χ1) is 10.4. The number of rotatable bonds is 3. The van der Waals surface area contributed by atoms with Crippen molar-refractivity contribution in [1.82, 2.24) is 15.1 Å². The van der Waals surface area contributed by atoms with Gasteiger partial charge in [0.05, 0.1) is 0 Å². The monoisotopic (exact) mass is 281 g/mol. The molecule has 0 atom stereocenters. The van der Waals surface area contributed by atoms with Crippen LogP contribution in [0.1, 0.15) is 5.56 Å². The van der Waals surface area contributed by atoms with Crippen molar-refractivity contribution in [3.63, 3.8) is 0 Å². The van der Waals surface area contributed by atoms with Crippen molar-refractivity contribution in [2.75, 3.05) is 39.3 Å². The Kier molecular flexibility index (Phi) is 3.63. The summed E-state index contributed by atoms with van der Waals surface area (Å²) in [5.74, 6) is 0. The van der Waals surface area contributed by atoms with Crippen molar-refractivity contribution in [2.45, 2.75) is 12.6 Å². The van der Waals surface area contributed by atoms with E-state index in [-0.39, 0.29) is 0 Å². The molecule has 3 nitrogen and oxygen atoms in total. The summed E-state index contributed by atoms with van der Waals surface area (Å²) < 4.78 is 0. The van der Waals surface area contributed by atoms with Gasteiger partial charge in [-0.05, 0) is 16.3 Å². The Labute approximate surface area is 126 Å². The lowest BCUT2D eigenvalue weighted by atomic mass is 10.0. The molecule has 110 valence electrons. The first-order valence-corrected chi connectivity index (χ1v) is 8.04. The standard InChI is InChI=1S/C18H23N3/c1-2-7-18-15(4-1)5-3-6-16(18)14-20-8-10-21(11-9-20)17-12-19-13-17/h1-7,17,19H,8-14H2. The Morgan fingerprint density at radius 1 is 0.905 bits per heavy atom. The summed E-state index contributed by atoms with van der Waals surface area (Å²) in [5, 5.41) is 6.14. The Bertz CT molecular complexity index is 607. The van der Waals surface area contributed by atoms with Gasteiger partial charge in [0.25, 0.3) is 0 Å². The first-order valence-electron chi connectivity index (χ1n) is 8.04. The van der Waals surface area contributed by atoms with Crippen molar-refractivity contribution in [3.05, 3.63) is 48.0 Å². The molecule has 0 radical (unpaired) electrons. The molecule has 2 aromatic carbocycles. The fourth-order valence-electron chi connectivity index (χ4n) is 3.49. The van der Waals surface area contributed by atoms with Gasteiger partial charge in [0.1, 0.15) is 0 Å². The van der Waals surface area contributed by atoms with Crippen LogP contribution in [0, 0.1) is 0 Å². The highest BCUT2D eigenvalue weighted by molar-refractivity contribution is 5.85. The normalized spacial score (nSPS) is 21.5. The summed E-state index contributed by atoms with van der Waals surface area (Å²) in [6.07, 6.45) is 0. The summed E-state index contributed by atoms with van der Waals surface area (Å²) in [6, 6.07) is 16.2. The van der Waals surface area contributed by atoms with Gasteiger partial charge in [0, 0.05) is 51.9 Å². The smallest absolute Gasteiger partial charge is 0.0346 e. The average molecular weight is 281 g/mol. The summed E-state index contributed by atoms with van der Waals surface area (Å²) in [6.45, 7) is 8.28. The SMILES string of the molecule is c1ccc2c(CN3CCN(C4CNC4)CC3)cccc2c1. The first kappa shape index (κ1) is 13.3. The lowest BCUT2D eigenvalue weighted by Gasteiger charge is -2.43. The quantitative estimate of drug-likeness (QED) is 0.927. The highest BCUT2D eigenvalue weighted by Crippen LogP contribution is 2.21. The van der Waals surface area contributed by atoms with E-state index in [1.165, 1.54) is 55.6 Å². The molecule has 2 aliphatic rings. The van der Waals surface area contributed by atoms with Crippen LogP contribution in [0.3, 0.4) is 0 Å². The van der Waals surface area contributed by atoms with Gasteiger partial charge in [0.15, 0.2) is 0 Å². The topological polar surface area (TPSA) is 18.5 Å². The van der Waals surface area contributed by atoms with E-state index < -0.39 is 0 Å². The van der Waals surface area contributed by atoms with Crippen LogP contribution in [0.2, 0.25) is 0 Å². The molecular weight excluding hydrogens is 258 g/mol. The molecule has 2 aromatic rings. The molecule has 0 bridgehead atoms. The molecule has 2 saturated heterocycles. The van der Waals surface area contributed by atoms with E-state index in [9.17, 15) is 0 Å². The molecular formula is C18H23N3. The van der Waals surface area contributed by atoms with Crippen molar-refractivity contribution in [1.29, 1.82) is 0 Å². The van der Waals surface area contributed by atoms with E-state index in [0.717, 1.165) is 12.6 Å². The number of nitrogens with zero attached hydrogens (tertiary/aromatic N) is 2. The van der Waals surface area contributed by atoms with E-state index >= 15 is 0 Å². The minimum atomic E-state index is 0.796. The number of piperazine rings is 1. The predicted molar refractivity (Wildman–Crippen MR) is 87.5 cm³/mol. The van der Waals surface area contributed by atoms with Crippen molar-refractivity contribution in [3.8, 4) is 0 Å². The van der Waals surface area contributed by atoms with Gasteiger partial charge in [-0.15, -0.1) is 0 Å². The van der Waals surface area contributed by atoms with Crippen LogP contribution in [0.15, 0.2) is 42.5 Å². The van der Waals surface area contributed by atoms with Gasteiger partial charge in [0.2, 0.25) is 0 Å². The van der Waals surface area contributed by atoms with E-state index in [1.807, 2.05) is 0 Å². The third-order valence-corrected chi connectivity index (χ3v) is 4.96. The van der Waals surface area contributed by atoms with Crippen LogP contribution < -0.4 is 5.32 Å². The van der Waals surface area contributed by atoms with Crippen LogP contribution >= 0.6 is 0 Å². The molecule has 1 N–H and O–H groups in total. The Hall–Kier alpha value is -1.42. The highest BCUT2D eigenvalue weighted by Gasteiger charge is 2.27. The highest BCUT2D eigenvalue weighted by atomic mass is 15.3. The molecule has 0 aliphatic carbocycles. The van der Waals surface area contributed by atoms with Gasteiger partial charge < -0.3 is 5.32 Å². The van der Waals surface area contributed by atoms with E-state index in [0.29, 0.717) is 0 Å². The molecule has 0 unspecified atom stereocenters. The van der Waals surface area contributed by atoms with Gasteiger partial charge in [-0.1, -0.05) is 42.5 Å². The second kappa shape index (κ2) is 5.76. The van der Waals surface area contributed by atoms with Crippen LogP contribution in [-0.4, -0.2) is 55.1 Å². The minimum absolute atomic E-state index is 0.796. The van der Waals surface area contributed by atoms with Crippen LogP contribution in [0.4, 0.5) is 0 Å².